The van der Waals surface area contributed by atoms with Gasteiger partial charge in [0.15, 0.2) is 0 Å². The number of hydrogen-bond acceptors (Lipinski definition) is 4. The summed E-state index contributed by atoms with van der Waals surface area (Å²) >= 11 is 7.63. The van der Waals surface area contributed by atoms with Crippen LogP contribution in [0.15, 0.2) is 36.0 Å². The fourth-order valence-electron chi connectivity index (χ4n) is 1.38. The van der Waals surface area contributed by atoms with Crippen LogP contribution in [0.4, 0.5) is 0 Å². The number of rotatable bonds is 3. The number of hydrazine groups is 1. The molecule has 3 N–H and O–H groups in total. The van der Waals surface area contributed by atoms with Crippen LogP contribution in [0.2, 0.25) is 5.02 Å². The van der Waals surface area contributed by atoms with E-state index in [-0.39, 0.29) is 6.04 Å². The Kier molecular flexibility index (Phi) is 3.33. The first-order valence-electron chi connectivity index (χ1n) is 4.42. The highest BCUT2D eigenvalue weighted by molar-refractivity contribution is 7.10. The van der Waals surface area contributed by atoms with Gasteiger partial charge in [-0.25, -0.2) is 5.43 Å². The third-order valence-corrected chi connectivity index (χ3v) is 3.51. The first-order chi connectivity index (χ1) is 7.33. The zero-order valence-corrected chi connectivity index (χ0v) is 9.42. The number of halogens is 1. The maximum atomic E-state index is 6.06. The minimum atomic E-state index is -0.0915. The van der Waals surface area contributed by atoms with E-state index in [2.05, 4.69) is 10.4 Å². The van der Waals surface area contributed by atoms with E-state index in [1.54, 1.807) is 23.7 Å². The smallest absolute Gasteiger partial charge is 0.0832 e. The van der Waals surface area contributed by atoms with Crippen molar-refractivity contribution in [2.24, 2.45) is 5.84 Å². The minimum Gasteiger partial charge on any atom is -0.271 e. The molecule has 5 heteroatoms. The van der Waals surface area contributed by atoms with E-state index < -0.39 is 0 Å². The van der Waals surface area contributed by atoms with Gasteiger partial charge < -0.3 is 0 Å². The molecule has 78 valence electrons. The molecule has 0 aliphatic rings. The molecule has 0 aliphatic heterocycles. The fourth-order valence-corrected chi connectivity index (χ4v) is 2.63. The molecule has 0 amide bonds. The first kappa shape index (κ1) is 10.6. The Morgan fingerprint density at radius 3 is 2.87 bits per heavy atom. The van der Waals surface area contributed by atoms with Crippen LogP contribution < -0.4 is 11.3 Å². The zero-order chi connectivity index (χ0) is 10.7. The molecular weight excluding hydrogens is 230 g/mol. The molecule has 2 aromatic heterocycles. The predicted octanol–water partition coefficient (Wildman–Crippen LogP) is 2.35. The second kappa shape index (κ2) is 4.72. The van der Waals surface area contributed by atoms with Gasteiger partial charge in [-0.15, -0.1) is 11.3 Å². The third kappa shape index (κ3) is 2.18. The molecule has 0 saturated carbocycles. The van der Waals surface area contributed by atoms with Gasteiger partial charge in [-0.05, 0) is 23.1 Å². The Morgan fingerprint density at radius 2 is 2.33 bits per heavy atom. The lowest BCUT2D eigenvalue weighted by molar-refractivity contribution is 0.644. The van der Waals surface area contributed by atoms with E-state index in [1.807, 2.05) is 23.6 Å². The highest BCUT2D eigenvalue weighted by Crippen LogP contribution is 2.31. The quantitative estimate of drug-likeness (QED) is 0.639. The van der Waals surface area contributed by atoms with Crippen molar-refractivity contribution in [3.8, 4) is 0 Å². The summed E-state index contributed by atoms with van der Waals surface area (Å²) < 4.78 is 0. The molecule has 0 aliphatic carbocycles. The molecule has 2 aromatic rings. The van der Waals surface area contributed by atoms with Crippen LogP contribution in [0.5, 0.6) is 0 Å². The van der Waals surface area contributed by atoms with Gasteiger partial charge in [0.2, 0.25) is 0 Å². The van der Waals surface area contributed by atoms with Crippen molar-refractivity contribution in [1.29, 1.82) is 0 Å². The molecule has 3 nitrogen and oxygen atoms in total. The van der Waals surface area contributed by atoms with E-state index in [0.717, 1.165) is 15.5 Å². The minimum absolute atomic E-state index is 0.0915. The number of nitrogens with two attached hydrogens (primary N) is 1. The normalized spacial score (nSPS) is 12.7. The van der Waals surface area contributed by atoms with Gasteiger partial charge in [0.05, 0.1) is 11.1 Å². The molecule has 2 rings (SSSR count). The molecule has 1 unspecified atom stereocenters. The average molecular weight is 240 g/mol. The molecule has 0 bridgehead atoms. The molecule has 15 heavy (non-hydrogen) atoms. The maximum absolute atomic E-state index is 6.06. The number of hydrogen-bond donors (Lipinski definition) is 2. The number of nitrogens with one attached hydrogen (secondary N) is 1. The number of thiophene rings is 1. The van der Waals surface area contributed by atoms with Crippen molar-refractivity contribution in [2.75, 3.05) is 0 Å². The Hall–Kier alpha value is -0.940. The highest BCUT2D eigenvalue weighted by Gasteiger charge is 2.16. The summed E-state index contributed by atoms with van der Waals surface area (Å²) in [4.78, 5) is 5.07. The summed E-state index contributed by atoms with van der Waals surface area (Å²) in [5, 5.41) is 2.67. The van der Waals surface area contributed by atoms with Gasteiger partial charge in [0, 0.05) is 17.3 Å². The van der Waals surface area contributed by atoms with Gasteiger partial charge in [-0.1, -0.05) is 17.7 Å². The van der Waals surface area contributed by atoms with Gasteiger partial charge >= 0.3 is 0 Å². The largest absolute Gasteiger partial charge is 0.271 e. The fraction of sp³-hybridized carbons (Fsp3) is 0.100. The molecular formula is C10H10ClN3S. The van der Waals surface area contributed by atoms with Gasteiger partial charge in [-0.2, -0.15) is 0 Å². The van der Waals surface area contributed by atoms with E-state index in [0.29, 0.717) is 0 Å². The average Bonchev–Trinajstić information content (AvgIpc) is 2.68. The lowest BCUT2D eigenvalue weighted by atomic mass is 10.1. The van der Waals surface area contributed by atoms with Crippen LogP contribution in [-0.4, -0.2) is 4.98 Å². The Bertz CT molecular complexity index is 429. The monoisotopic (exact) mass is 239 g/mol. The molecule has 1 atom stereocenters. The van der Waals surface area contributed by atoms with Crippen molar-refractivity contribution in [1.82, 2.24) is 10.4 Å². The summed E-state index contributed by atoms with van der Waals surface area (Å²) in [6, 6.07) is 5.61. The number of nitrogens with zero attached hydrogens (tertiary/aromatic N) is 1. The van der Waals surface area contributed by atoms with Crippen LogP contribution in [0.25, 0.3) is 0 Å². The second-order valence-corrected chi connectivity index (χ2v) is 4.37. The van der Waals surface area contributed by atoms with Crippen molar-refractivity contribution in [3.63, 3.8) is 0 Å². The lowest BCUT2D eigenvalue weighted by Crippen LogP contribution is -2.28. The topological polar surface area (TPSA) is 50.9 Å². The van der Waals surface area contributed by atoms with Crippen molar-refractivity contribution in [2.45, 2.75) is 6.04 Å². The second-order valence-electron chi connectivity index (χ2n) is 3.02. The third-order valence-electron chi connectivity index (χ3n) is 2.09. The Labute approximate surface area is 96.9 Å². The molecule has 0 saturated heterocycles. The van der Waals surface area contributed by atoms with Crippen LogP contribution in [-0.2, 0) is 0 Å². The highest BCUT2D eigenvalue weighted by atomic mass is 35.5. The van der Waals surface area contributed by atoms with Crippen LogP contribution >= 0.6 is 22.9 Å². The number of pyridine rings is 1. The van der Waals surface area contributed by atoms with E-state index in [1.165, 1.54) is 0 Å². The summed E-state index contributed by atoms with van der Waals surface area (Å²) in [7, 11) is 0. The van der Waals surface area contributed by atoms with Crippen molar-refractivity contribution in [3.05, 3.63) is 51.4 Å². The molecule has 2 heterocycles. The van der Waals surface area contributed by atoms with Gasteiger partial charge in [0.25, 0.3) is 0 Å². The summed E-state index contributed by atoms with van der Waals surface area (Å²) in [5.41, 5.74) is 3.75. The summed E-state index contributed by atoms with van der Waals surface area (Å²) in [6.07, 6.45) is 3.51. The van der Waals surface area contributed by atoms with E-state index in [9.17, 15) is 0 Å². The zero-order valence-electron chi connectivity index (χ0n) is 7.85. The van der Waals surface area contributed by atoms with Crippen molar-refractivity contribution >= 4 is 22.9 Å². The SMILES string of the molecule is NNC(c1cccnc1)c1sccc1Cl. The first-order valence-corrected chi connectivity index (χ1v) is 5.67. The van der Waals surface area contributed by atoms with E-state index >= 15 is 0 Å². The Morgan fingerprint density at radius 1 is 1.47 bits per heavy atom. The lowest BCUT2D eigenvalue weighted by Gasteiger charge is -2.14. The Balaban J connectivity index is 2.37. The molecule has 0 spiro atoms. The van der Waals surface area contributed by atoms with Crippen LogP contribution in [0, 0.1) is 0 Å². The van der Waals surface area contributed by atoms with Crippen LogP contribution in [0.3, 0.4) is 0 Å². The molecule has 0 fully saturated rings. The van der Waals surface area contributed by atoms with Crippen LogP contribution in [0.1, 0.15) is 16.5 Å². The predicted molar refractivity (Wildman–Crippen MR) is 62.7 cm³/mol. The van der Waals surface area contributed by atoms with E-state index in [4.69, 9.17) is 17.4 Å². The maximum Gasteiger partial charge on any atom is 0.0832 e. The standard InChI is InChI=1S/C10H10ClN3S/c11-8-3-5-15-10(8)9(14-12)7-2-1-4-13-6-7/h1-6,9,14H,12H2. The molecule has 0 aromatic carbocycles. The summed E-state index contributed by atoms with van der Waals surface area (Å²) in [6.45, 7) is 0. The van der Waals surface area contributed by atoms with Gasteiger partial charge in [-0.3, -0.25) is 10.8 Å². The van der Waals surface area contributed by atoms with Crippen molar-refractivity contribution < 1.29 is 0 Å². The summed E-state index contributed by atoms with van der Waals surface area (Å²) in [5.74, 6) is 5.54. The van der Waals surface area contributed by atoms with Gasteiger partial charge in [0.1, 0.15) is 0 Å². The molecule has 0 radical (unpaired) electrons. The number of aromatic nitrogens is 1.